The van der Waals surface area contributed by atoms with Crippen molar-refractivity contribution in [3.05, 3.63) is 27.7 Å². The highest BCUT2D eigenvalue weighted by Gasteiger charge is 2.37. The van der Waals surface area contributed by atoms with Crippen LogP contribution < -0.4 is 0 Å². The first-order valence-electron chi connectivity index (χ1n) is 3.84. The number of alkyl halides is 3. The molecule has 0 bridgehead atoms. The molecule has 15 heavy (non-hydrogen) atoms. The van der Waals surface area contributed by atoms with Crippen LogP contribution in [0.5, 0.6) is 5.75 Å². The number of ketones is 1. The molecule has 0 atom stereocenters. The van der Waals surface area contributed by atoms with Gasteiger partial charge in [-0.1, -0.05) is 15.9 Å². The average molecular weight is 283 g/mol. The lowest BCUT2D eigenvalue weighted by atomic mass is 10.1. The van der Waals surface area contributed by atoms with E-state index in [1.54, 1.807) is 0 Å². The van der Waals surface area contributed by atoms with E-state index in [1.807, 2.05) is 0 Å². The number of halogens is 4. The summed E-state index contributed by atoms with van der Waals surface area (Å²) in [6.45, 7) is 1.09. The Morgan fingerprint density at radius 1 is 1.40 bits per heavy atom. The predicted molar refractivity (Wildman–Crippen MR) is 50.8 cm³/mol. The summed E-state index contributed by atoms with van der Waals surface area (Å²) in [6, 6.07) is 2.22. The van der Waals surface area contributed by atoms with Crippen molar-refractivity contribution >= 4 is 21.7 Å². The van der Waals surface area contributed by atoms with E-state index in [4.69, 9.17) is 0 Å². The molecule has 6 heteroatoms. The first-order valence-corrected chi connectivity index (χ1v) is 4.64. The number of aromatic hydroxyl groups is 1. The van der Waals surface area contributed by atoms with E-state index in [9.17, 15) is 23.1 Å². The Labute approximate surface area is 91.8 Å². The summed E-state index contributed by atoms with van der Waals surface area (Å²) in [6.07, 6.45) is -4.70. The minimum absolute atomic E-state index is 0.294. The van der Waals surface area contributed by atoms with E-state index < -0.39 is 23.3 Å². The molecule has 0 aliphatic carbocycles. The highest BCUT2D eigenvalue weighted by Crippen LogP contribution is 2.42. The summed E-state index contributed by atoms with van der Waals surface area (Å²) < 4.78 is 37.1. The molecule has 0 unspecified atom stereocenters. The van der Waals surface area contributed by atoms with Gasteiger partial charge in [0.15, 0.2) is 5.78 Å². The molecule has 1 aromatic rings. The molecule has 0 radical (unpaired) electrons. The van der Waals surface area contributed by atoms with Crippen LogP contribution >= 0.6 is 15.9 Å². The van der Waals surface area contributed by atoms with Gasteiger partial charge in [0, 0.05) is 4.47 Å². The van der Waals surface area contributed by atoms with E-state index in [0.29, 0.717) is 0 Å². The van der Waals surface area contributed by atoms with E-state index in [1.165, 1.54) is 0 Å². The van der Waals surface area contributed by atoms with Gasteiger partial charge in [-0.05, 0) is 19.1 Å². The second kappa shape index (κ2) is 3.84. The molecule has 0 saturated heterocycles. The molecule has 1 rings (SSSR count). The van der Waals surface area contributed by atoms with Crippen LogP contribution in [0.15, 0.2) is 16.6 Å². The van der Waals surface area contributed by atoms with Gasteiger partial charge in [0.25, 0.3) is 0 Å². The monoisotopic (exact) mass is 282 g/mol. The molecule has 2 nitrogen and oxygen atoms in total. The Balaban J connectivity index is 3.51. The zero-order chi connectivity index (χ0) is 11.8. The number of benzene rings is 1. The lowest BCUT2D eigenvalue weighted by molar-refractivity contribution is -0.139. The van der Waals surface area contributed by atoms with E-state index >= 15 is 0 Å². The van der Waals surface area contributed by atoms with Crippen molar-refractivity contribution in [1.29, 1.82) is 0 Å². The Morgan fingerprint density at radius 2 is 1.93 bits per heavy atom. The number of rotatable bonds is 1. The van der Waals surface area contributed by atoms with Crippen LogP contribution in [-0.4, -0.2) is 10.9 Å². The van der Waals surface area contributed by atoms with Crippen molar-refractivity contribution in [1.82, 2.24) is 0 Å². The van der Waals surface area contributed by atoms with Crippen LogP contribution in [0, 0.1) is 0 Å². The third-order valence-electron chi connectivity index (χ3n) is 1.79. The third kappa shape index (κ3) is 2.31. The van der Waals surface area contributed by atoms with Gasteiger partial charge in [0.05, 0.1) is 5.56 Å². The molecule has 0 aromatic heterocycles. The Morgan fingerprint density at radius 3 is 2.33 bits per heavy atom. The Bertz CT molecular complexity index is 413. The number of Topliss-reactive ketones (excluding diaryl/α,β-unsaturated/α-hetero) is 1. The van der Waals surface area contributed by atoms with Gasteiger partial charge in [-0.25, -0.2) is 0 Å². The lowest BCUT2D eigenvalue weighted by Crippen LogP contribution is -2.08. The number of hydrogen-bond acceptors (Lipinski definition) is 2. The maximum absolute atomic E-state index is 12.5. The normalized spacial score (nSPS) is 11.5. The maximum atomic E-state index is 12.5. The molecular weight excluding hydrogens is 277 g/mol. The SMILES string of the molecule is CC(=O)c1ccc(Br)c(C(F)(F)F)c1O. The standard InChI is InChI=1S/C9H6BrF3O2/c1-4(14)5-2-3-6(10)7(8(5)15)9(11,12)13/h2-3,15H,1H3. The number of carbonyl (C=O) groups excluding carboxylic acids is 1. The van der Waals surface area contributed by atoms with Crippen LogP contribution in [0.1, 0.15) is 22.8 Å². The maximum Gasteiger partial charge on any atom is 0.421 e. The van der Waals surface area contributed by atoms with Gasteiger partial charge in [0.1, 0.15) is 11.3 Å². The molecular formula is C9H6BrF3O2. The molecule has 82 valence electrons. The molecule has 0 spiro atoms. The van der Waals surface area contributed by atoms with Crippen LogP contribution in [0.4, 0.5) is 13.2 Å². The highest BCUT2D eigenvalue weighted by atomic mass is 79.9. The summed E-state index contributed by atoms with van der Waals surface area (Å²) in [7, 11) is 0. The molecule has 0 saturated carbocycles. The van der Waals surface area contributed by atoms with Gasteiger partial charge in [-0.3, -0.25) is 4.79 Å². The largest absolute Gasteiger partial charge is 0.507 e. The van der Waals surface area contributed by atoms with Gasteiger partial charge in [0.2, 0.25) is 0 Å². The molecule has 0 amide bonds. The number of phenolic OH excluding ortho intramolecular Hbond substituents is 1. The third-order valence-corrected chi connectivity index (χ3v) is 2.45. The average Bonchev–Trinajstić information content (AvgIpc) is 2.00. The van der Waals surface area contributed by atoms with Crippen LogP contribution in [-0.2, 0) is 6.18 Å². The topological polar surface area (TPSA) is 37.3 Å². The summed E-state index contributed by atoms with van der Waals surface area (Å²) in [5.74, 6) is -1.66. The number of hydrogen-bond donors (Lipinski definition) is 1. The fourth-order valence-electron chi connectivity index (χ4n) is 1.12. The van der Waals surface area contributed by atoms with Gasteiger partial charge in [-0.2, -0.15) is 13.2 Å². The van der Waals surface area contributed by atoms with E-state index in [0.717, 1.165) is 19.1 Å². The summed E-state index contributed by atoms with van der Waals surface area (Å²) in [5.41, 5.74) is -1.57. The number of carbonyl (C=O) groups is 1. The second-order valence-corrected chi connectivity index (χ2v) is 3.73. The first kappa shape index (κ1) is 12.0. The highest BCUT2D eigenvalue weighted by molar-refractivity contribution is 9.10. The van der Waals surface area contributed by atoms with Crippen molar-refractivity contribution in [2.24, 2.45) is 0 Å². The molecule has 1 N–H and O–H groups in total. The van der Waals surface area contributed by atoms with Crippen molar-refractivity contribution in [3.8, 4) is 5.75 Å². The van der Waals surface area contributed by atoms with Crippen molar-refractivity contribution in [3.63, 3.8) is 0 Å². The number of phenols is 1. The smallest absolute Gasteiger partial charge is 0.421 e. The molecule has 1 aromatic carbocycles. The van der Waals surface area contributed by atoms with Crippen molar-refractivity contribution < 1.29 is 23.1 Å². The Hall–Kier alpha value is -1.04. The van der Waals surface area contributed by atoms with Gasteiger partial charge >= 0.3 is 6.18 Å². The quantitative estimate of drug-likeness (QED) is 0.802. The van der Waals surface area contributed by atoms with Gasteiger partial charge in [-0.15, -0.1) is 0 Å². The fourth-order valence-corrected chi connectivity index (χ4v) is 1.67. The molecule has 0 aliphatic rings. The molecule has 0 fully saturated rings. The minimum atomic E-state index is -4.70. The summed E-state index contributed by atoms with van der Waals surface area (Å²) >= 11 is 2.67. The van der Waals surface area contributed by atoms with Crippen molar-refractivity contribution in [2.45, 2.75) is 13.1 Å². The predicted octanol–water partition coefficient (Wildman–Crippen LogP) is 3.38. The summed E-state index contributed by atoms with van der Waals surface area (Å²) in [4.78, 5) is 10.9. The van der Waals surface area contributed by atoms with E-state index in [2.05, 4.69) is 15.9 Å². The zero-order valence-corrected chi connectivity index (χ0v) is 9.11. The zero-order valence-electron chi connectivity index (χ0n) is 7.52. The minimum Gasteiger partial charge on any atom is -0.507 e. The first-order chi connectivity index (χ1) is 6.75. The van der Waals surface area contributed by atoms with Gasteiger partial charge < -0.3 is 5.11 Å². The lowest BCUT2D eigenvalue weighted by Gasteiger charge is -2.12. The van der Waals surface area contributed by atoms with Crippen molar-refractivity contribution in [2.75, 3.05) is 0 Å². The fraction of sp³-hybridized carbons (Fsp3) is 0.222. The Kier molecular flexibility index (Phi) is 3.08. The summed E-state index contributed by atoms with van der Waals surface area (Å²) in [5, 5.41) is 9.30. The molecule has 0 aliphatic heterocycles. The molecule has 0 heterocycles. The van der Waals surface area contributed by atoms with E-state index in [-0.39, 0.29) is 10.0 Å². The van der Waals surface area contributed by atoms with Crippen LogP contribution in [0.25, 0.3) is 0 Å². The van der Waals surface area contributed by atoms with Crippen LogP contribution in [0.3, 0.4) is 0 Å². The van der Waals surface area contributed by atoms with Crippen LogP contribution in [0.2, 0.25) is 0 Å². The second-order valence-electron chi connectivity index (χ2n) is 2.87.